The van der Waals surface area contributed by atoms with Gasteiger partial charge in [-0.1, -0.05) is 0 Å². The van der Waals surface area contributed by atoms with E-state index >= 15 is 0 Å². The van der Waals surface area contributed by atoms with Gasteiger partial charge >= 0.3 is 270 Å². The summed E-state index contributed by atoms with van der Waals surface area (Å²) in [6, 6.07) is 22.5. The van der Waals surface area contributed by atoms with Gasteiger partial charge in [0.05, 0.1) is 0 Å². The summed E-state index contributed by atoms with van der Waals surface area (Å²) < 4.78 is 32.2. The summed E-state index contributed by atoms with van der Waals surface area (Å²) in [6.07, 6.45) is 0. The Hall–Kier alpha value is -1.29. The van der Waals surface area contributed by atoms with Crippen LogP contribution in [0.4, 0.5) is 0 Å². The molecule has 3 aromatic rings. The Bertz CT molecular complexity index is 1010. The minimum Gasteiger partial charge on any atom is -0.147 e. The molecule has 0 atom stereocenters. The Kier molecular flexibility index (Phi) is 29.3. The van der Waals surface area contributed by atoms with Crippen LogP contribution in [0.1, 0.15) is 0 Å². The van der Waals surface area contributed by atoms with Crippen molar-refractivity contribution in [3.8, 4) is 17.2 Å². The molecule has 0 N–H and O–H groups in total. The average molecular weight is 988 g/mol. The van der Waals surface area contributed by atoms with E-state index in [1.165, 1.54) is 32.2 Å². The molecule has 0 fully saturated rings. The first-order chi connectivity index (χ1) is 18.7. The van der Waals surface area contributed by atoms with Crippen molar-refractivity contribution in [3.63, 3.8) is 0 Å². The maximum absolute atomic E-state index is 10.7. The summed E-state index contributed by atoms with van der Waals surface area (Å²) in [5.41, 5.74) is 0. The number of halogens is 3. The number of hydrogen-bond acceptors (Lipinski definition) is 9. The molecule has 42 heavy (non-hydrogen) atoms. The van der Waals surface area contributed by atoms with Gasteiger partial charge in [0.25, 0.3) is 0 Å². The van der Waals surface area contributed by atoms with Gasteiger partial charge in [0.15, 0.2) is 0 Å². The summed E-state index contributed by atoms with van der Waals surface area (Å²) in [6.45, 7) is -0.124. The van der Waals surface area contributed by atoms with Gasteiger partial charge in [-0.25, -0.2) is 0 Å². The fourth-order valence-electron chi connectivity index (χ4n) is 2.21. The first kappa shape index (κ1) is 45.1. The van der Waals surface area contributed by atoms with E-state index in [0.717, 1.165) is 0 Å². The Labute approximate surface area is 304 Å². The third-order valence-corrected chi connectivity index (χ3v) is 6.55. The van der Waals surface area contributed by atoms with Gasteiger partial charge in [-0.2, -0.15) is 0 Å². The zero-order valence-electron chi connectivity index (χ0n) is 22.7. The molecule has 0 bridgehead atoms. The third kappa shape index (κ3) is 22.3. The molecule has 231 valence electrons. The van der Waals surface area contributed by atoms with E-state index in [1.54, 1.807) is 0 Å². The van der Waals surface area contributed by atoms with Crippen molar-refractivity contribution in [2.75, 3.05) is 41.2 Å². The third-order valence-electron chi connectivity index (χ3n) is 4.22. The van der Waals surface area contributed by atoms with Crippen molar-refractivity contribution in [1.29, 1.82) is 0 Å². The normalized spacial score (nSPS) is 8.64. The molecule has 3 radical (unpaired) electrons. The van der Waals surface area contributed by atoms with Crippen molar-refractivity contribution < 1.29 is 42.8 Å². The molecule has 0 spiro atoms. The van der Waals surface area contributed by atoms with Gasteiger partial charge in [-0.3, -0.25) is 0 Å². The van der Waals surface area contributed by atoms with Crippen LogP contribution in [0.2, 0.25) is 0 Å². The number of esters is 3. The molecule has 0 saturated heterocycles. The van der Waals surface area contributed by atoms with Crippen molar-refractivity contribution in [1.82, 2.24) is 0 Å². The molecule has 0 aliphatic heterocycles. The van der Waals surface area contributed by atoms with Crippen molar-refractivity contribution >= 4 is 133 Å². The first-order valence-corrected chi connectivity index (χ1v) is 14.6. The van der Waals surface area contributed by atoms with Crippen LogP contribution in [0.25, 0.3) is 0 Å². The maximum Gasteiger partial charge on any atom is -0.147 e. The van der Waals surface area contributed by atoms with Gasteiger partial charge in [0.1, 0.15) is 0 Å². The number of carbonyl (C=O) groups excluding carboxylic acids is 3. The van der Waals surface area contributed by atoms with E-state index in [0.29, 0.717) is 17.2 Å². The number of carbonyl (C=O) groups is 3. The van der Waals surface area contributed by atoms with Crippen LogP contribution in [0.5, 0.6) is 17.2 Å². The molecule has 9 nitrogen and oxygen atoms in total. The Morgan fingerprint density at radius 2 is 0.643 bits per heavy atom. The van der Waals surface area contributed by atoms with Crippen LogP contribution < -0.4 is 25.0 Å². The van der Waals surface area contributed by atoms with Crippen molar-refractivity contribution in [2.24, 2.45) is 0 Å². The standard InChI is InChI=1S/3C9H9O3Te.3ClH/c3*1-11-9(10)6-12-7-2-4-8(13)5-3-7;;;/h3*2-5H,6H2,1H3;3*1H. The number of benzene rings is 3. The van der Waals surface area contributed by atoms with Crippen LogP contribution in [-0.4, -0.2) is 126 Å². The van der Waals surface area contributed by atoms with Crippen molar-refractivity contribution in [2.45, 2.75) is 0 Å². The average Bonchev–Trinajstić information content (AvgIpc) is 2.96. The topological polar surface area (TPSA) is 107 Å². The molecule has 0 unspecified atom stereocenters. The van der Waals surface area contributed by atoms with Crippen LogP contribution >= 0.6 is 37.2 Å². The van der Waals surface area contributed by atoms with Crippen LogP contribution in [-0.2, 0) is 28.6 Å². The predicted molar refractivity (Wildman–Crippen MR) is 170 cm³/mol. The van der Waals surface area contributed by atoms with Gasteiger partial charge in [0.2, 0.25) is 0 Å². The summed E-state index contributed by atoms with van der Waals surface area (Å²) in [7, 11) is 4.00. The summed E-state index contributed by atoms with van der Waals surface area (Å²) in [4.78, 5) is 32.1. The fourth-order valence-corrected chi connectivity index (χ4v) is 3.38. The second-order valence-corrected chi connectivity index (χ2v) is 11.0. The molecule has 0 aromatic heterocycles. The molecule has 15 heteroatoms. The van der Waals surface area contributed by atoms with E-state index in [9.17, 15) is 14.4 Å². The Morgan fingerprint density at radius 1 is 0.452 bits per heavy atom. The molecule has 0 heterocycles. The maximum atomic E-state index is 10.7. The van der Waals surface area contributed by atoms with Gasteiger partial charge < -0.3 is 0 Å². The molecular weight excluding hydrogens is 957 g/mol. The van der Waals surface area contributed by atoms with E-state index < -0.39 is 0 Å². The number of methoxy groups -OCH3 is 3. The second kappa shape index (κ2) is 27.3. The van der Waals surface area contributed by atoms with Crippen LogP contribution in [0.3, 0.4) is 0 Å². The van der Waals surface area contributed by atoms with Crippen LogP contribution in [0.15, 0.2) is 72.8 Å². The minimum absolute atomic E-state index is 0. The van der Waals surface area contributed by atoms with Gasteiger partial charge in [0, 0.05) is 0 Å². The minimum atomic E-state index is -0.374. The van der Waals surface area contributed by atoms with Gasteiger partial charge in [-0.15, -0.1) is 37.2 Å². The number of ether oxygens (including phenoxy) is 6. The SMILES string of the molecule is COC(=O)COc1ccc([Te])cc1.COC(=O)COc1ccc([Te])cc1.COC(=O)COc1ccc([Te])cc1.Cl.Cl.Cl. The number of hydrogen-bond donors (Lipinski definition) is 0. The predicted octanol–water partition coefficient (Wildman–Crippen LogP) is 1.36. The zero-order valence-corrected chi connectivity index (χ0v) is 32.1. The molecular formula is C27H30Cl3O9Te3. The second-order valence-electron chi connectivity index (χ2n) is 7.01. The molecule has 0 saturated carbocycles. The number of rotatable bonds is 9. The Balaban J connectivity index is -0.000000524. The fraction of sp³-hybridized carbons (Fsp3) is 0.222. The monoisotopic (exact) mass is 993 g/mol. The van der Waals surface area contributed by atoms with Crippen LogP contribution in [0, 0.1) is 0 Å². The molecule has 0 aliphatic rings. The molecule has 0 aliphatic carbocycles. The van der Waals surface area contributed by atoms with E-state index in [-0.39, 0.29) is 74.9 Å². The molecule has 3 aromatic carbocycles. The van der Waals surface area contributed by atoms with Crippen molar-refractivity contribution in [3.05, 3.63) is 72.8 Å². The largest absolute Gasteiger partial charge is 0.147 e. The molecule has 0 amide bonds. The Morgan fingerprint density at radius 3 is 0.810 bits per heavy atom. The zero-order chi connectivity index (χ0) is 29.0. The van der Waals surface area contributed by atoms with E-state index in [2.05, 4.69) is 14.2 Å². The smallest absolute Gasteiger partial charge is 0.147 e. The van der Waals surface area contributed by atoms with E-state index in [1.807, 2.05) is 140 Å². The summed E-state index contributed by atoms with van der Waals surface area (Å²) in [5, 5.41) is 0. The summed E-state index contributed by atoms with van der Waals surface area (Å²) in [5.74, 6) is 0.914. The van der Waals surface area contributed by atoms with E-state index in [4.69, 9.17) is 14.2 Å². The van der Waals surface area contributed by atoms with Gasteiger partial charge in [-0.05, 0) is 0 Å². The first-order valence-electron chi connectivity index (χ1n) is 11.1. The summed E-state index contributed by atoms with van der Waals surface area (Å²) >= 11 is 5.76. The molecule has 3 rings (SSSR count). The quantitative estimate of drug-likeness (QED) is 0.179.